The van der Waals surface area contributed by atoms with Crippen LogP contribution in [0.1, 0.15) is 73.3 Å². The second-order valence-electron chi connectivity index (χ2n) is 23.1. The number of hydrogen-bond acceptors (Lipinski definition) is 14. The van der Waals surface area contributed by atoms with Gasteiger partial charge in [0.1, 0.15) is 54.1 Å². The summed E-state index contributed by atoms with van der Waals surface area (Å²) >= 11 is 0. The topological polar surface area (TPSA) is 435 Å². The number of nitrogens with two attached hydrogens (primary N) is 4. The molecule has 2 heterocycles. The number of H-pyrrole nitrogens is 1. The number of phenols is 1. The summed E-state index contributed by atoms with van der Waals surface area (Å²) in [5.74, 6) is -8.00. The standard InChI is InChI=1S/C67H85N15O11/c1-40(83)57-66(93)81-53(35-41-16-5-2-6-17-41)59(86)72-33-30-52(75-58(85)48(69)34-44-26-28-46(84)29-27-44)61(88)76-51(25-15-32-73-67(70)71)60(87)78-54(36-42-18-7-3-8-19-42)63(90)79-55(37-43-20-9-4-10-21-43)64(91)80-56(38-45-39-74-49-23-12-11-22-47(45)49)65(92)77-50(62(89)82-57)24-13-14-31-68/h2-12,16-23,26-29,39-40,48,50-57,74,83-84H,13-15,24-25,30-38,68-69H2,1H3,(H,72,86)(H,75,85)(H,76,88)(H,77,92)(H,78,87)(H,79,90)(H,80,91)(H,81,93)(H,82,89)(H4,70,71,73)/t40-,48+,50+,51-,52-,53-,54+,55+,56-,57+/m1/s1. The van der Waals surface area contributed by atoms with Crippen LogP contribution in [0.2, 0.25) is 0 Å². The first-order chi connectivity index (χ1) is 44.7. The molecule has 0 bridgehead atoms. The maximum Gasteiger partial charge on any atom is 0.245 e. The van der Waals surface area contributed by atoms with Crippen molar-refractivity contribution in [3.63, 3.8) is 0 Å². The van der Waals surface area contributed by atoms with Crippen LogP contribution in [0.3, 0.4) is 0 Å². The first-order valence-corrected chi connectivity index (χ1v) is 31.1. The van der Waals surface area contributed by atoms with Gasteiger partial charge >= 0.3 is 0 Å². The number of guanidine groups is 1. The Bertz CT molecular complexity index is 3500. The molecular weight excluding hydrogens is 1190 g/mol. The highest BCUT2D eigenvalue weighted by atomic mass is 16.3. The Kier molecular flexibility index (Phi) is 26.8. The summed E-state index contributed by atoms with van der Waals surface area (Å²) in [4.78, 5) is 140. The number of carbonyl (C=O) groups excluding carboxylic acids is 9. The van der Waals surface area contributed by atoms with E-state index >= 15 is 14.4 Å². The van der Waals surface area contributed by atoms with E-state index in [1.54, 1.807) is 115 Å². The molecule has 26 nitrogen and oxygen atoms in total. The number of aromatic nitrogens is 1. The number of aliphatic imine (C=N–C) groups is 1. The Labute approximate surface area is 539 Å². The molecule has 93 heavy (non-hydrogen) atoms. The van der Waals surface area contributed by atoms with E-state index in [4.69, 9.17) is 22.9 Å². The van der Waals surface area contributed by atoms with Crippen LogP contribution in [0, 0.1) is 0 Å². The van der Waals surface area contributed by atoms with E-state index in [0.29, 0.717) is 40.7 Å². The third-order valence-corrected chi connectivity index (χ3v) is 15.8. The number of phenolic OH excluding ortho intramolecular Hbond substituents is 1. The van der Waals surface area contributed by atoms with Crippen molar-refractivity contribution in [3.05, 3.63) is 174 Å². The molecule has 10 atom stereocenters. The fraction of sp³-hybridized carbons (Fsp3) is 0.373. The van der Waals surface area contributed by atoms with Crippen molar-refractivity contribution in [1.29, 1.82) is 0 Å². The zero-order valence-electron chi connectivity index (χ0n) is 51.9. The quantitative estimate of drug-likeness (QED) is 0.0249. The van der Waals surface area contributed by atoms with Gasteiger partial charge in [0.05, 0.1) is 12.1 Å². The van der Waals surface area contributed by atoms with Crippen molar-refractivity contribution in [2.45, 2.75) is 138 Å². The summed E-state index contributed by atoms with van der Waals surface area (Å²) in [5.41, 5.74) is 27.3. The molecule has 1 saturated heterocycles. The zero-order valence-corrected chi connectivity index (χ0v) is 51.9. The van der Waals surface area contributed by atoms with Crippen LogP contribution in [0.15, 0.2) is 151 Å². The highest BCUT2D eigenvalue weighted by Gasteiger charge is 2.37. The van der Waals surface area contributed by atoms with Crippen molar-refractivity contribution in [3.8, 4) is 5.75 Å². The van der Waals surface area contributed by atoms with Crippen molar-refractivity contribution in [2.75, 3.05) is 19.6 Å². The zero-order chi connectivity index (χ0) is 66.8. The number of aliphatic hydroxyl groups excluding tert-OH is 1. The van der Waals surface area contributed by atoms with Crippen LogP contribution >= 0.6 is 0 Å². The molecule has 0 aliphatic carbocycles. The molecule has 9 amide bonds. The van der Waals surface area contributed by atoms with Gasteiger partial charge in [-0.05, 0) is 104 Å². The molecule has 0 saturated carbocycles. The van der Waals surface area contributed by atoms with Gasteiger partial charge in [0.15, 0.2) is 5.96 Å². The Morgan fingerprint density at radius 3 is 1.55 bits per heavy atom. The summed E-state index contributed by atoms with van der Waals surface area (Å²) < 4.78 is 0. The van der Waals surface area contributed by atoms with Crippen molar-refractivity contribution in [2.24, 2.45) is 27.9 Å². The van der Waals surface area contributed by atoms with Gasteiger partial charge in [-0.1, -0.05) is 121 Å². The predicted octanol–water partition coefficient (Wildman–Crippen LogP) is -0.324. The average molecular weight is 1280 g/mol. The lowest BCUT2D eigenvalue weighted by atomic mass is 10.00. The number of carbonyl (C=O) groups is 9. The van der Waals surface area contributed by atoms with E-state index in [0.717, 1.165) is 10.9 Å². The lowest BCUT2D eigenvalue weighted by Crippen LogP contribution is -2.62. The van der Waals surface area contributed by atoms with Crippen molar-refractivity contribution < 1.29 is 53.4 Å². The van der Waals surface area contributed by atoms with Crippen LogP contribution in [0.25, 0.3) is 10.9 Å². The smallest absolute Gasteiger partial charge is 0.245 e. The van der Waals surface area contributed by atoms with E-state index in [1.807, 2.05) is 18.2 Å². The number of amides is 9. The van der Waals surface area contributed by atoms with E-state index in [-0.39, 0.29) is 89.1 Å². The summed E-state index contributed by atoms with van der Waals surface area (Å²) in [6.45, 7) is 1.15. The first kappa shape index (κ1) is 70.3. The number of unbranched alkanes of at least 4 members (excludes halogenated alkanes) is 1. The van der Waals surface area contributed by atoms with Crippen molar-refractivity contribution in [1.82, 2.24) is 52.8 Å². The number of hydrogen-bond donors (Lipinski definition) is 16. The maximum atomic E-state index is 15.2. The number of para-hydroxylation sites is 1. The molecule has 494 valence electrons. The number of aromatic hydroxyl groups is 1. The largest absolute Gasteiger partial charge is 0.508 e. The normalized spacial score (nSPS) is 21.6. The van der Waals surface area contributed by atoms with Gasteiger partial charge in [-0.15, -0.1) is 0 Å². The van der Waals surface area contributed by atoms with E-state index in [2.05, 4.69) is 57.8 Å². The molecule has 0 spiro atoms. The van der Waals surface area contributed by atoms with Crippen LogP contribution in [-0.4, -0.2) is 154 Å². The van der Waals surface area contributed by atoms with Crippen LogP contribution < -0.4 is 70.8 Å². The number of nitrogens with one attached hydrogen (secondary N) is 10. The average Bonchev–Trinajstić information content (AvgIpc) is 1.81. The Morgan fingerprint density at radius 1 is 0.548 bits per heavy atom. The molecular formula is C67H85N15O11. The number of nitrogens with zero attached hydrogens (tertiary/aromatic N) is 1. The van der Waals surface area contributed by atoms with Gasteiger partial charge in [0.25, 0.3) is 0 Å². The third kappa shape index (κ3) is 22.0. The molecule has 1 aromatic heterocycles. The number of aliphatic hydroxyl groups is 1. The number of aromatic amines is 1. The molecule has 1 aliphatic rings. The lowest BCUT2D eigenvalue weighted by Gasteiger charge is -2.29. The van der Waals surface area contributed by atoms with Crippen LogP contribution in [0.4, 0.5) is 0 Å². The van der Waals surface area contributed by atoms with Gasteiger partial charge < -0.3 is 86.0 Å². The van der Waals surface area contributed by atoms with E-state index in [9.17, 15) is 39.0 Å². The SMILES string of the molecule is C[C@@H](O)[C@@H]1NC(=O)[C@H](CCCCN)NC(=O)[C@@H](Cc2c[nH]c3ccccc23)NC(=O)[C@H](Cc2ccccc2)NC(=O)[C@H](Cc2ccccc2)NC(=O)[C@@H](CCCN=C(N)N)NC(=O)[C@H](NC(=O)[C@@H](N)Cc2ccc(O)cc2)CCNC(=O)[C@@H](Cc2ccccc2)NC1=O. The summed E-state index contributed by atoms with van der Waals surface area (Å²) in [7, 11) is 0. The molecule has 26 heteroatoms. The maximum absolute atomic E-state index is 15.2. The van der Waals surface area contributed by atoms with Gasteiger partial charge in [-0.3, -0.25) is 48.1 Å². The van der Waals surface area contributed by atoms with E-state index in [1.165, 1.54) is 19.1 Å². The minimum absolute atomic E-state index is 0.00376. The molecule has 1 fully saturated rings. The predicted molar refractivity (Wildman–Crippen MR) is 350 cm³/mol. The minimum Gasteiger partial charge on any atom is -0.508 e. The molecule has 1 aliphatic heterocycles. The van der Waals surface area contributed by atoms with Gasteiger partial charge in [-0.25, -0.2) is 0 Å². The molecule has 20 N–H and O–H groups in total. The monoisotopic (exact) mass is 1280 g/mol. The fourth-order valence-corrected chi connectivity index (χ4v) is 10.7. The van der Waals surface area contributed by atoms with Gasteiger partial charge in [-0.2, -0.15) is 0 Å². The number of benzene rings is 5. The molecule has 7 rings (SSSR count). The second kappa shape index (κ2) is 35.4. The van der Waals surface area contributed by atoms with E-state index < -0.39 is 114 Å². The number of fused-ring (bicyclic) bond motifs is 1. The van der Waals surface area contributed by atoms with Gasteiger partial charge in [0, 0.05) is 55.9 Å². The minimum atomic E-state index is -1.72. The Hall–Kier alpha value is -10.2. The molecule has 0 unspecified atom stereocenters. The molecule has 0 radical (unpaired) electrons. The summed E-state index contributed by atoms with van der Waals surface area (Å²) in [6, 6.07) is 26.3. The van der Waals surface area contributed by atoms with Gasteiger partial charge in [0.2, 0.25) is 53.2 Å². The Balaban J connectivity index is 1.32. The molecule has 6 aromatic rings. The number of rotatable bonds is 21. The summed E-state index contributed by atoms with van der Waals surface area (Å²) in [6.07, 6.45) is -0.0922. The summed E-state index contributed by atoms with van der Waals surface area (Å²) in [5, 5.41) is 46.6. The Morgan fingerprint density at radius 2 is 1.01 bits per heavy atom. The third-order valence-electron chi connectivity index (χ3n) is 15.8. The van der Waals surface area contributed by atoms with Crippen LogP contribution in [-0.2, 0) is 75.3 Å². The lowest BCUT2D eigenvalue weighted by molar-refractivity contribution is -0.137. The van der Waals surface area contributed by atoms with Crippen molar-refractivity contribution >= 4 is 70.0 Å². The second-order valence-corrected chi connectivity index (χ2v) is 23.1. The first-order valence-electron chi connectivity index (χ1n) is 31.1. The van der Waals surface area contributed by atoms with Crippen LogP contribution in [0.5, 0.6) is 5.75 Å². The highest BCUT2D eigenvalue weighted by Crippen LogP contribution is 2.21. The fourth-order valence-electron chi connectivity index (χ4n) is 10.7. The molecule has 5 aromatic carbocycles. The highest BCUT2D eigenvalue weighted by molar-refractivity contribution is 5.99.